The van der Waals surface area contributed by atoms with Crippen LogP contribution in [0.5, 0.6) is 5.75 Å². The zero-order chi connectivity index (χ0) is 11.0. The first-order valence-corrected chi connectivity index (χ1v) is 4.81. The number of carbonyl (C=O) groups excluding carboxylic acids is 1. The van der Waals surface area contributed by atoms with E-state index in [4.69, 9.17) is 4.74 Å². The van der Waals surface area contributed by atoms with Crippen molar-refractivity contribution >= 4 is 6.09 Å². The van der Waals surface area contributed by atoms with Gasteiger partial charge in [0, 0.05) is 0 Å². The minimum Gasteiger partial charge on any atom is -0.507 e. The second kappa shape index (κ2) is 3.46. The highest BCUT2D eigenvalue weighted by molar-refractivity contribution is 5.70. The molecule has 0 saturated carbocycles. The van der Waals surface area contributed by atoms with E-state index in [0.717, 1.165) is 16.7 Å². The number of carbonyl (C=O) groups is 1. The van der Waals surface area contributed by atoms with E-state index >= 15 is 0 Å². The summed E-state index contributed by atoms with van der Waals surface area (Å²) in [6.45, 7) is 4.02. The molecular weight excluding hydrogens is 194 g/mol. The van der Waals surface area contributed by atoms with Gasteiger partial charge >= 0.3 is 6.09 Å². The second-order valence-electron chi connectivity index (χ2n) is 3.80. The summed E-state index contributed by atoms with van der Waals surface area (Å²) >= 11 is 0. The molecule has 15 heavy (non-hydrogen) atoms. The number of rotatable bonds is 1. The SMILES string of the molecule is Cc1cc([C@H]2COC(=O)N2)cc(C)c1O. The van der Waals surface area contributed by atoms with Crippen LogP contribution < -0.4 is 5.32 Å². The highest BCUT2D eigenvalue weighted by Gasteiger charge is 2.24. The van der Waals surface area contributed by atoms with Crippen molar-refractivity contribution in [3.63, 3.8) is 0 Å². The summed E-state index contributed by atoms with van der Waals surface area (Å²) in [5, 5.41) is 12.3. The number of benzene rings is 1. The predicted octanol–water partition coefficient (Wildman–Crippen LogP) is 1.79. The average Bonchev–Trinajstić information content (AvgIpc) is 2.60. The predicted molar refractivity (Wildman–Crippen MR) is 54.8 cm³/mol. The van der Waals surface area contributed by atoms with Gasteiger partial charge in [-0.1, -0.05) is 12.1 Å². The number of cyclic esters (lactones) is 1. The molecule has 0 unspecified atom stereocenters. The molecular formula is C11H13NO3. The molecule has 1 aromatic rings. The Morgan fingerprint density at radius 2 is 2.00 bits per heavy atom. The molecule has 80 valence electrons. The number of phenols is 1. The Morgan fingerprint density at radius 1 is 1.40 bits per heavy atom. The van der Waals surface area contributed by atoms with Crippen LogP contribution in [-0.4, -0.2) is 17.8 Å². The van der Waals surface area contributed by atoms with Crippen molar-refractivity contribution < 1.29 is 14.6 Å². The van der Waals surface area contributed by atoms with E-state index in [-0.39, 0.29) is 12.1 Å². The normalized spacial score (nSPS) is 19.9. The number of nitrogens with one attached hydrogen (secondary N) is 1. The summed E-state index contributed by atoms with van der Waals surface area (Å²) in [6, 6.07) is 3.62. The lowest BCUT2D eigenvalue weighted by Gasteiger charge is -2.11. The molecule has 2 N–H and O–H groups in total. The number of aromatic hydroxyl groups is 1. The molecule has 1 fully saturated rings. The lowest BCUT2D eigenvalue weighted by Crippen LogP contribution is -2.18. The molecule has 0 aliphatic carbocycles. The Bertz CT molecular complexity index is 391. The quantitative estimate of drug-likeness (QED) is 0.738. The Labute approximate surface area is 87.9 Å². The number of amides is 1. The lowest BCUT2D eigenvalue weighted by molar-refractivity contribution is 0.177. The van der Waals surface area contributed by atoms with Crippen LogP contribution in [0.15, 0.2) is 12.1 Å². The van der Waals surface area contributed by atoms with Crippen molar-refractivity contribution in [3.05, 3.63) is 28.8 Å². The Balaban J connectivity index is 2.33. The molecule has 0 spiro atoms. The molecule has 1 aromatic carbocycles. The third kappa shape index (κ3) is 1.75. The molecule has 0 radical (unpaired) electrons. The van der Waals surface area contributed by atoms with Gasteiger partial charge in [0.25, 0.3) is 0 Å². The van der Waals surface area contributed by atoms with Crippen molar-refractivity contribution in [2.24, 2.45) is 0 Å². The van der Waals surface area contributed by atoms with Crippen LogP contribution in [-0.2, 0) is 4.74 Å². The molecule has 0 aromatic heterocycles. The minimum atomic E-state index is -0.386. The fraction of sp³-hybridized carbons (Fsp3) is 0.364. The molecule has 1 saturated heterocycles. The first-order chi connectivity index (χ1) is 7.08. The van der Waals surface area contributed by atoms with Gasteiger partial charge in [-0.15, -0.1) is 0 Å². The number of alkyl carbamates (subject to hydrolysis) is 1. The van der Waals surface area contributed by atoms with Crippen LogP contribution in [0.3, 0.4) is 0 Å². The van der Waals surface area contributed by atoms with Gasteiger partial charge in [0.2, 0.25) is 0 Å². The van der Waals surface area contributed by atoms with E-state index < -0.39 is 0 Å². The van der Waals surface area contributed by atoms with Crippen molar-refractivity contribution in [2.45, 2.75) is 19.9 Å². The van der Waals surface area contributed by atoms with E-state index in [0.29, 0.717) is 12.4 Å². The standard InChI is InChI=1S/C11H13NO3/c1-6-3-8(4-7(2)10(6)13)9-5-15-11(14)12-9/h3-4,9,13H,5H2,1-2H3,(H,12,14)/t9-/m1/s1. The van der Waals surface area contributed by atoms with Crippen LogP contribution in [0.1, 0.15) is 22.7 Å². The van der Waals surface area contributed by atoms with Gasteiger partial charge in [0.15, 0.2) is 0 Å². The number of phenolic OH excluding ortho intramolecular Hbond substituents is 1. The zero-order valence-electron chi connectivity index (χ0n) is 8.70. The Kier molecular flexibility index (Phi) is 2.26. The van der Waals surface area contributed by atoms with E-state index in [2.05, 4.69) is 5.32 Å². The van der Waals surface area contributed by atoms with E-state index in [1.807, 2.05) is 26.0 Å². The van der Waals surface area contributed by atoms with Gasteiger partial charge in [0.05, 0.1) is 6.04 Å². The number of hydrogen-bond acceptors (Lipinski definition) is 3. The van der Waals surface area contributed by atoms with Crippen LogP contribution in [0.2, 0.25) is 0 Å². The third-order valence-corrected chi connectivity index (χ3v) is 2.59. The molecule has 1 atom stereocenters. The first kappa shape index (κ1) is 9.83. The van der Waals surface area contributed by atoms with Crippen LogP contribution in [0.25, 0.3) is 0 Å². The zero-order valence-corrected chi connectivity index (χ0v) is 8.70. The maximum Gasteiger partial charge on any atom is 0.407 e. The molecule has 1 aliphatic rings. The fourth-order valence-corrected chi connectivity index (χ4v) is 1.75. The maximum absolute atomic E-state index is 10.9. The molecule has 4 heteroatoms. The summed E-state index contributed by atoms with van der Waals surface area (Å²) in [6.07, 6.45) is -0.386. The molecule has 4 nitrogen and oxygen atoms in total. The van der Waals surface area contributed by atoms with Crippen LogP contribution in [0, 0.1) is 13.8 Å². The first-order valence-electron chi connectivity index (χ1n) is 4.81. The fourth-order valence-electron chi connectivity index (χ4n) is 1.75. The monoisotopic (exact) mass is 207 g/mol. The summed E-state index contributed by atoms with van der Waals surface area (Å²) in [7, 11) is 0. The van der Waals surface area contributed by atoms with Gasteiger partial charge in [-0.2, -0.15) is 0 Å². The maximum atomic E-state index is 10.9. The lowest BCUT2D eigenvalue weighted by atomic mass is 10.0. The molecule has 2 rings (SSSR count). The topological polar surface area (TPSA) is 58.6 Å². The molecule has 0 bridgehead atoms. The Hall–Kier alpha value is -1.71. The van der Waals surface area contributed by atoms with Gasteiger partial charge < -0.3 is 15.2 Å². The van der Waals surface area contributed by atoms with Gasteiger partial charge in [-0.05, 0) is 30.5 Å². The highest BCUT2D eigenvalue weighted by Crippen LogP contribution is 2.27. The van der Waals surface area contributed by atoms with Gasteiger partial charge in [-0.25, -0.2) is 4.79 Å². The van der Waals surface area contributed by atoms with Gasteiger partial charge in [0.1, 0.15) is 12.4 Å². The van der Waals surface area contributed by atoms with Crippen molar-refractivity contribution in [1.29, 1.82) is 0 Å². The van der Waals surface area contributed by atoms with Crippen LogP contribution >= 0.6 is 0 Å². The number of hydrogen-bond donors (Lipinski definition) is 2. The summed E-state index contributed by atoms with van der Waals surface area (Å²) in [5.41, 5.74) is 2.59. The summed E-state index contributed by atoms with van der Waals surface area (Å²) in [5.74, 6) is 0.309. The minimum absolute atomic E-state index is 0.101. The summed E-state index contributed by atoms with van der Waals surface area (Å²) in [4.78, 5) is 10.9. The highest BCUT2D eigenvalue weighted by atomic mass is 16.6. The molecule has 1 heterocycles. The molecule has 1 amide bonds. The van der Waals surface area contributed by atoms with Crippen LogP contribution in [0.4, 0.5) is 4.79 Å². The largest absolute Gasteiger partial charge is 0.507 e. The second-order valence-corrected chi connectivity index (χ2v) is 3.80. The third-order valence-electron chi connectivity index (χ3n) is 2.59. The Morgan fingerprint density at radius 3 is 2.47 bits per heavy atom. The van der Waals surface area contributed by atoms with Gasteiger partial charge in [-0.3, -0.25) is 0 Å². The van der Waals surface area contributed by atoms with Crippen molar-refractivity contribution in [2.75, 3.05) is 6.61 Å². The van der Waals surface area contributed by atoms with Crippen molar-refractivity contribution in [1.82, 2.24) is 5.32 Å². The smallest absolute Gasteiger partial charge is 0.407 e. The average molecular weight is 207 g/mol. The number of aryl methyl sites for hydroxylation is 2. The van der Waals surface area contributed by atoms with E-state index in [1.165, 1.54) is 0 Å². The number of ether oxygens (including phenoxy) is 1. The van der Waals surface area contributed by atoms with E-state index in [9.17, 15) is 9.90 Å². The van der Waals surface area contributed by atoms with E-state index in [1.54, 1.807) is 0 Å². The van der Waals surface area contributed by atoms with Crippen molar-refractivity contribution in [3.8, 4) is 5.75 Å². The molecule has 1 aliphatic heterocycles. The summed E-state index contributed by atoms with van der Waals surface area (Å²) < 4.78 is 4.82.